The van der Waals surface area contributed by atoms with Crippen LogP contribution in [0.15, 0.2) is 247 Å². The van der Waals surface area contributed by atoms with Gasteiger partial charge in [-0.1, -0.05) is 220 Å². The fourth-order valence-corrected chi connectivity index (χ4v) is 11.4. The molecule has 0 amide bonds. The van der Waals surface area contributed by atoms with Gasteiger partial charge in [0, 0.05) is 28.2 Å². The Balaban J connectivity index is 0.00000130. The second-order valence-corrected chi connectivity index (χ2v) is 19.5. The number of allylic oxidation sites excluding steroid dienone is 5. The molecule has 4 heteroatoms. The first-order valence-electron chi connectivity index (χ1n) is 26.8. The number of nitrogens with zero attached hydrogens (tertiary/aromatic N) is 2. The maximum absolute atomic E-state index is 7.16. The summed E-state index contributed by atoms with van der Waals surface area (Å²) in [6.45, 7) is 9.25. The zero-order valence-corrected chi connectivity index (χ0v) is 43.4. The van der Waals surface area contributed by atoms with Crippen LogP contribution in [-0.4, -0.2) is 11.7 Å². The summed E-state index contributed by atoms with van der Waals surface area (Å²) < 4.78 is 0. The molecular formula is C70H70N4. The minimum Gasteiger partial charge on any atom is -0.383 e. The number of benzene rings is 8. The van der Waals surface area contributed by atoms with Gasteiger partial charge < -0.3 is 11.5 Å². The van der Waals surface area contributed by atoms with Gasteiger partial charge >= 0.3 is 0 Å². The van der Waals surface area contributed by atoms with Crippen LogP contribution in [0.25, 0.3) is 33.4 Å². The van der Waals surface area contributed by atoms with Gasteiger partial charge in [-0.15, -0.1) is 6.58 Å². The highest BCUT2D eigenvalue weighted by atomic mass is 14.9. The van der Waals surface area contributed by atoms with Crippen LogP contribution in [0.2, 0.25) is 0 Å². The van der Waals surface area contributed by atoms with Gasteiger partial charge in [-0.25, -0.2) is 9.98 Å². The molecule has 0 saturated heterocycles. The monoisotopic (exact) mass is 967 g/mol. The van der Waals surface area contributed by atoms with Gasteiger partial charge in [0.2, 0.25) is 0 Å². The molecule has 0 radical (unpaired) electrons. The molecule has 370 valence electrons. The highest BCUT2D eigenvalue weighted by Gasteiger charge is 2.50. The molecule has 3 aliphatic carbocycles. The molecule has 3 aliphatic rings. The standard InChI is InChI=1S/C65H58N4.C3H6.C2H6/c66-63(68-61-27-15-13-21-51(61)41-45-29-33-49(34-30-45)47-17-5-1-6-18-47)53-37-39-57-58-40-38-54(44-60(58)65(59(57)43-53,55-23-9-3-10-24-55)56-25-11-4-12-26-56)64(67)69-62-28-16-14-22-52(62)42-46-31-35-50(36-32-46)48-19-7-2-8-20-48;1-3-2;1-2/h1-11,13,15,17-21,23-24,27-40,43-44,52,56H,12,14,16,22,25-26,41-42H2,(H2,66,68)(H2,67,69);3H,1H2,2H3;1-2H3. The number of rotatable bonds is 12. The first-order valence-corrected chi connectivity index (χ1v) is 26.8. The lowest BCUT2D eigenvalue weighted by Crippen LogP contribution is -2.37. The summed E-state index contributed by atoms with van der Waals surface area (Å²) in [5.41, 5.74) is 32.6. The van der Waals surface area contributed by atoms with E-state index in [0.717, 1.165) is 79.4 Å². The molecule has 0 spiro atoms. The zero-order valence-electron chi connectivity index (χ0n) is 43.4. The number of amidine groups is 2. The molecule has 8 aromatic carbocycles. The van der Waals surface area contributed by atoms with Crippen LogP contribution in [0.3, 0.4) is 0 Å². The Morgan fingerprint density at radius 3 is 1.65 bits per heavy atom. The Morgan fingerprint density at radius 2 is 1.08 bits per heavy atom. The molecule has 11 rings (SSSR count). The summed E-state index contributed by atoms with van der Waals surface area (Å²) in [7, 11) is 0. The molecule has 8 aromatic rings. The van der Waals surface area contributed by atoms with Crippen molar-refractivity contribution in [3.05, 3.63) is 281 Å². The molecule has 0 heterocycles. The number of hydrogen-bond donors (Lipinski definition) is 2. The summed E-state index contributed by atoms with van der Waals surface area (Å²) in [4.78, 5) is 10.5. The minimum atomic E-state index is -0.453. The number of fused-ring (bicyclic) bond motifs is 3. The van der Waals surface area contributed by atoms with Crippen molar-refractivity contribution in [1.82, 2.24) is 0 Å². The van der Waals surface area contributed by atoms with Crippen molar-refractivity contribution in [1.29, 1.82) is 0 Å². The summed E-state index contributed by atoms with van der Waals surface area (Å²) >= 11 is 0. The van der Waals surface area contributed by atoms with Crippen LogP contribution in [-0.2, 0) is 18.3 Å². The minimum absolute atomic E-state index is 0.305. The second-order valence-electron chi connectivity index (χ2n) is 19.5. The first kappa shape index (κ1) is 50.8. The molecule has 3 atom stereocenters. The van der Waals surface area contributed by atoms with Crippen LogP contribution in [0, 0.1) is 11.8 Å². The Bertz CT molecular complexity index is 3270. The quantitative estimate of drug-likeness (QED) is 0.0727. The lowest BCUT2D eigenvalue weighted by molar-refractivity contribution is 0.349. The molecule has 0 aliphatic heterocycles. The van der Waals surface area contributed by atoms with Crippen LogP contribution < -0.4 is 11.5 Å². The third-order valence-electron chi connectivity index (χ3n) is 14.9. The third-order valence-corrected chi connectivity index (χ3v) is 14.9. The fourth-order valence-electron chi connectivity index (χ4n) is 11.4. The third kappa shape index (κ3) is 11.0. The van der Waals surface area contributed by atoms with E-state index in [9.17, 15) is 0 Å². The van der Waals surface area contributed by atoms with E-state index in [4.69, 9.17) is 21.5 Å². The molecule has 0 bridgehead atoms. The van der Waals surface area contributed by atoms with Crippen LogP contribution in [0.4, 0.5) is 5.69 Å². The summed E-state index contributed by atoms with van der Waals surface area (Å²) in [6.07, 6.45) is 16.8. The Labute approximate surface area is 440 Å². The molecule has 4 nitrogen and oxygen atoms in total. The highest BCUT2D eigenvalue weighted by Crippen LogP contribution is 2.59. The van der Waals surface area contributed by atoms with E-state index in [0.29, 0.717) is 23.5 Å². The average molecular weight is 967 g/mol. The smallest absolute Gasteiger partial charge is 0.131 e. The fraction of sp³-hybridized carbons (Fsp3) is 0.200. The van der Waals surface area contributed by atoms with Gasteiger partial charge in [0.15, 0.2) is 0 Å². The molecule has 3 unspecified atom stereocenters. The summed E-state index contributed by atoms with van der Waals surface area (Å²) in [5, 5.41) is 0. The Kier molecular flexibility index (Phi) is 16.6. The van der Waals surface area contributed by atoms with E-state index >= 15 is 0 Å². The van der Waals surface area contributed by atoms with Crippen molar-refractivity contribution in [2.75, 3.05) is 0 Å². The Hall–Kier alpha value is -8.08. The molecule has 0 fully saturated rings. The molecule has 0 saturated carbocycles. The van der Waals surface area contributed by atoms with Gasteiger partial charge in [-0.05, 0) is 149 Å². The van der Waals surface area contributed by atoms with Gasteiger partial charge in [0.25, 0.3) is 0 Å². The summed E-state index contributed by atoms with van der Waals surface area (Å²) in [5.74, 6) is 1.68. The maximum atomic E-state index is 7.16. The maximum Gasteiger partial charge on any atom is 0.131 e. The van der Waals surface area contributed by atoms with Gasteiger partial charge in [0.05, 0.1) is 5.69 Å². The normalized spacial score (nSPS) is 17.9. The van der Waals surface area contributed by atoms with Gasteiger partial charge in [0.1, 0.15) is 11.7 Å². The van der Waals surface area contributed by atoms with E-state index in [1.54, 1.807) is 6.08 Å². The van der Waals surface area contributed by atoms with Crippen molar-refractivity contribution >= 4 is 17.4 Å². The lowest BCUT2D eigenvalue weighted by Gasteiger charge is -2.41. The molecule has 0 aromatic heterocycles. The predicted octanol–water partition coefficient (Wildman–Crippen LogP) is 17.2. The van der Waals surface area contributed by atoms with Crippen molar-refractivity contribution in [3.63, 3.8) is 0 Å². The van der Waals surface area contributed by atoms with E-state index in [-0.39, 0.29) is 0 Å². The average Bonchev–Trinajstić information content (AvgIpc) is 3.83. The zero-order chi connectivity index (χ0) is 51.3. The summed E-state index contributed by atoms with van der Waals surface area (Å²) in [6, 6.07) is 72.1. The van der Waals surface area contributed by atoms with Crippen molar-refractivity contribution in [2.24, 2.45) is 33.3 Å². The first-order chi connectivity index (χ1) is 36.4. The van der Waals surface area contributed by atoms with Crippen LogP contribution in [0.5, 0.6) is 0 Å². The lowest BCUT2D eigenvalue weighted by atomic mass is 9.61. The molecular weight excluding hydrogens is 897 g/mol. The van der Waals surface area contributed by atoms with Gasteiger partial charge in [-0.2, -0.15) is 0 Å². The molecule has 4 N–H and O–H groups in total. The van der Waals surface area contributed by atoms with Crippen LogP contribution >= 0.6 is 0 Å². The number of para-hydroxylation sites is 1. The van der Waals surface area contributed by atoms with Gasteiger partial charge in [-0.3, -0.25) is 0 Å². The topological polar surface area (TPSA) is 76.8 Å². The number of nitrogens with two attached hydrogens (primary N) is 2. The van der Waals surface area contributed by atoms with Crippen LogP contribution in [0.1, 0.15) is 104 Å². The van der Waals surface area contributed by atoms with E-state index in [1.807, 2.05) is 26.8 Å². The van der Waals surface area contributed by atoms with Crippen molar-refractivity contribution in [2.45, 2.75) is 77.6 Å². The number of hydrogen-bond acceptors (Lipinski definition) is 2. The van der Waals surface area contributed by atoms with Crippen molar-refractivity contribution < 1.29 is 0 Å². The van der Waals surface area contributed by atoms with E-state index < -0.39 is 5.41 Å². The highest BCUT2D eigenvalue weighted by molar-refractivity contribution is 6.02. The largest absolute Gasteiger partial charge is 0.383 e. The number of aliphatic imine (C=N–C) groups is 2. The predicted molar refractivity (Wildman–Crippen MR) is 315 cm³/mol. The molecule has 74 heavy (non-hydrogen) atoms. The second kappa shape index (κ2) is 24.1. The SMILES string of the molecule is C=CC.CC.NC(=NC1=CCCCC1Cc1ccc(-c2ccccc2)cc1)c1ccc2c(c1)C(c1ccccc1)(C1CC=CCC1)c1cc(C(N)=Nc3ccccc3Cc3ccc(-c4ccccc4)cc3)ccc1-2. The van der Waals surface area contributed by atoms with Crippen molar-refractivity contribution in [3.8, 4) is 33.4 Å². The van der Waals surface area contributed by atoms with E-state index in [2.05, 4.69) is 219 Å². The van der Waals surface area contributed by atoms with E-state index in [1.165, 1.54) is 61.2 Å². The Morgan fingerprint density at radius 1 is 0.568 bits per heavy atom.